The van der Waals surface area contributed by atoms with E-state index in [4.69, 9.17) is 0 Å². The van der Waals surface area contributed by atoms with Crippen LogP contribution in [0.5, 0.6) is 0 Å². The molecule has 0 saturated carbocycles. The molecule has 0 atom stereocenters. The number of rotatable bonds is 7. The van der Waals surface area contributed by atoms with Crippen LogP contribution in [0, 0.1) is 5.92 Å². The summed E-state index contributed by atoms with van der Waals surface area (Å²) in [6, 6.07) is 4.12. The van der Waals surface area contributed by atoms with Gasteiger partial charge in [-0.05, 0) is 50.4 Å². The second kappa shape index (κ2) is 8.02. The molecule has 0 amide bonds. The van der Waals surface area contributed by atoms with Gasteiger partial charge in [-0.3, -0.25) is 4.98 Å². The van der Waals surface area contributed by atoms with Crippen molar-refractivity contribution in [3.63, 3.8) is 0 Å². The fourth-order valence-electron chi connectivity index (χ4n) is 1.71. The summed E-state index contributed by atoms with van der Waals surface area (Å²) < 4.78 is 0. The van der Waals surface area contributed by atoms with Crippen LogP contribution in [0.1, 0.15) is 32.8 Å². The van der Waals surface area contributed by atoms with Crippen LogP contribution in [-0.4, -0.2) is 18.1 Å². The third-order valence-corrected chi connectivity index (χ3v) is 2.57. The van der Waals surface area contributed by atoms with Gasteiger partial charge in [-0.25, -0.2) is 0 Å². The fourth-order valence-corrected chi connectivity index (χ4v) is 1.71. The molecule has 0 fully saturated rings. The lowest BCUT2D eigenvalue weighted by atomic mass is 10.1. The van der Waals surface area contributed by atoms with E-state index in [0.717, 1.165) is 31.8 Å². The highest BCUT2D eigenvalue weighted by Crippen LogP contribution is 2.06. The highest BCUT2D eigenvalue weighted by Gasteiger charge is 1.95. The molecule has 1 heterocycles. The highest BCUT2D eigenvalue weighted by atomic mass is 14.8. The van der Waals surface area contributed by atoms with Crippen LogP contribution in [0.4, 0.5) is 0 Å². The third-order valence-electron chi connectivity index (χ3n) is 2.57. The van der Waals surface area contributed by atoms with E-state index in [9.17, 15) is 0 Å². The van der Waals surface area contributed by atoms with Gasteiger partial charge >= 0.3 is 0 Å². The third kappa shape index (κ3) is 6.90. The first-order valence-electron chi connectivity index (χ1n) is 6.43. The summed E-state index contributed by atoms with van der Waals surface area (Å²) in [6.07, 6.45) is 8.20. The van der Waals surface area contributed by atoms with Crippen molar-refractivity contribution in [3.05, 3.63) is 41.7 Å². The number of hydrogen-bond donors (Lipinski definition) is 1. The lowest BCUT2D eigenvalue weighted by Gasteiger charge is -2.06. The average molecular weight is 232 g/mol. The lowest BCUT2D eigenvalue weighted by Crippen LogP contribution is -2.20. The largest absolute Gasteiger partial charge is 0.316 e. The molecule has 1 rings (SSSR count). The first kappa shape index (κ1) is 13.9. The number of allylic oxidation sites excluding steroid dienone is 1. The van der Waals surface area contributed by atoms with Crippen molar-refractivity contribution in [1.82, 2.24) is 10.3 Å². The van der Waals surface area contributed by atoms with Crippen LogP contribution >= 0.6 is 0 Å². The normalized spacial score (nSPS) is 12.1. The predicted molar refractivity (Wildman–Crippen MR) is 74.0 cm³/mol. The summed E-state index contributed by atoms with van der Waals surface area (Å²) >= 11 is 0. The smallest absolute Gasteiger partial charge is 0.0303 e. The molecule has 2 heteroatoms. The molecule has 0 aliphatic heterocycles. The molecule has 0 radical (unpaired) electrons. The topological polar surface area (TPSA) is 24.9 Å². The second-order valence-electron chi connectivity index (χ2n) is 4.98. The SMILES string of the molecule is C/C(=C/CCNCC(C)C)Cc1cccnc1. The molecule has 0 aliphatic rings. The molecule has 0 aromatic carbocycles. The van der Waals surface area contributed by atoms with Gasteiger partial charge in [-0.15, -0.1) is 0 Å². The molecule has 1 aromatic heterocycles. The molecular formula is C15H24N2. The minimum Gasteiger partial charge on any atom is -0.316 e. The Morgan fingerprint density at radius 3 is 2.94 bits per heavy atom. The van der Waals surface area contributed by atoms with Crippen molar-refractivity contribution in [2.75, 3.05) is 13.1 Å². The van der Waals surface area contributed by atoms with Gasteiger partial charge in [-0.2, -0.15) is 0 Å². The molecule has 0 bridgehead atoms. The maximum Gasteiger partial charge on any atom is 0.0303 e. The lowest BCUT2D eigenvalue weighted by molar-refractivity contribution is 0.556. The Hall–Kier alpha value is -1.15. The highest BCUT2D eigenvalue weighted by molar-refractivity contribution is 5.17. The fraction of sp³-hybridized carbons (Fsp3) is 0.533. The van der Waals surface area contributed by atoms with Crippen molar-refractivity contribution in [2.45, 2.75) is 33.6 Å². The van der Waals surface area contributed by atoms with Crippen molar-refractivity contribution in [1.29, 1.82) is 0 Å². The number of nitrogens with zero attached hydrogens (tertiary/aromatic N) is 1. The minimum absolute atomic E-state index is 0.732. The number of nitrogens with one attached hydrogen (secondary N) is 1. The van der Waals surface area contributed by atoms with Gasteiger partial charge < -0.3 is 5.32 Å². The van der Waals surface area contributed by atoms with Gasteiger partial charge in [-0.1, -0.05) is 31.6 Å². The van der Waals surface area contributed by atoms with Crippen LogP contribution in [-0.2, 0) is 6.42 Å². The van der Waals surface area contributed by atoms with Gasteiger partial charge in [0.1, 0.15) is 0 Å². The van der Waals surface area contributed by atoms with E-state index in [0.29, 0.717) is 0 Å². The zero-order valence-electron chi connectivity index (χ0n) is 11.2. The van der Waals surface area contributed by atoms with Gasteiger partial charge in [0, 0.05) is 12.4 Å². The summed E-state index contributed by atoms with van der Waals surface area (Å²) in [5.74, 6) is 0.732. The summed E-state index contributed by atoms with van der Waals surface area (Å²) in [5, 5.41) is 3.45. The van der Waals surface area contributed by atoms with Gasteiger partial charge in [0.05, 0.1) is 0 Å². The van der Waals surface area contributed by atoms with E-state index < -0.39 is 0 Å². The predicted octanol–water partition coefficient (Wildman–Crippen LogP) is 3.21. The van der Waals surface area contributed by atoms with Gasteiger partial charge in [0.15, 0.2) is 0 Å². The maximum absolute atomic E-state index is 4.13. The minimum atomic E-state index is 0.732. The van der Waals surface area contributed by atoms with Crippen LogP contribution in [0.3, 0.4) is 0 Å². The zero-order chi connectivity index (χ0) is 12.5. The molecule has 17 heavy (non-hydrogen) atoms. The van der Waals surface area contributed by atoms with Crippen molar-refractivity contribution < 1.29 is 0 Å². The first-order valence-corrected chi connectivity index (χ1v) is 6.43. The van der Waals surface area contributed by atoms with Crippen LogP contribution < -0.4 is 5.32 Å². The van der Waals surface area contributed by atoms with Crippen molar-refractivity contribution in [2.24, 2.45) is 5.92 Å². The molecule has 94 valence electrons. The second-order valence-corrected chi connectivity index (χ2v) is 4.98. The summed E-state index contributed by atoms with van der Waals surface area (Å²) in [5.41, 5.74) is 2.71. The number of hydrogen-bond acceptors (Lipinski definition) is 2. The number of pyridine rings is 1. The molecule has 0 unspecified atom stereocenters. The molecule has 0 saturated heterocycles. The maximum atomic E-state index is 4.13. The Morgan fingerprint density at radius 2 is 2.29 bits per heavy atom. The Kier molecular flexibility index (Phi) is 6.56. The molecule has 1 aromatic rings. The van der Waals surface area contributed by atoms with Crippen LogP contribution in [0.15, 0.2) is 36.2 Å². The van der Waals surface area contributed by atoms with E-state index in [-0.39, 0.29) is 0 Å². The van der Waals surface area contributed by atoms with E-state index in [1.807, 2.05) is 18.5 Å². The van der Waals surface area contributed by atoms with E-state index in [2.05, 4.69) is 43.2 Å². The quantitative estimate of drug-likeness (QED) is 0.577. The monoisotopic (exact) mass is 232 g/mol. The summed E-state index contributed by atoms with van der Waals surface area (Å²) in [4.78, 5) is 4.13. The van der Waals surface area contributed by atoms with E-state index >= 15 is 0 Å². The first-order chi connectivity index (χ1) is 8.18. The Bertz CT molecular complexity index is 328. The van der Waals surface area contributed by atoms with Crippen molar-refractivity contribution >= 4 is 0 Å². The molecular weight excluding hydrogens is 208 g/mol. The van der Waals surface area contributed by atoms with Crippen LogP contribution in [0.25, 0.3) is 0 Å². The van der Waals surface area contributed by atoms with Gasteiger partial charge in [0.25, 0.3) is 0 Å². The summed E-state index contributed by atoms with van der Waals surface area (Å²) in [7, 11) is 0. The standard InChI is InChI=1S/C15H24N2/c1-13(2)11-16-8-4-6-14(3)10-15-7-5-9-17-12-15/h5-7,9,12-13,16H,4,8,10-11H2,1-3H3/b14-6-. The molecule has 2 nitrogen and oxygen atoms in total. The Labute approximate surface area is 105 Å². The zero-order valence-corrected chi connectivity index (χ0v) is 11.2. The molecule has 0 spiro atoms. The van der Waals surface area contributed by atoms with E-state index in [1.54, 1.807) is 0 Å². The number of aromatic nitrogens is 1. The Balaban J connectivity index is 2.21. The van der Waals surface area contributed by atoms with Crippen LogP contribution in [0.2, 0.25) is 0 Å². The average Bonchev–Trinajstić information content (AvgIpc) is 2.29. The van der Waals surface area contributed by atoms with Gasteiger partial charge in [0.2, 0.25) is 0 Å². The Morgan fingerprint density at radius 1 is 1.47 bits per heavy atom. The van der Waals surface area contributed by atoms with E-state index in [1.165, 1.54) is 11.1 Å². The molecule has 1 N–H and O–H groups in total. The summed E-state index contributed by atoms with van der Waals surface area (Å²) in [6.45, 7) is 8.83. The molecule has 0 aliphatic carbocycles. The van der Waals surface area contributed by atoms with Crippen molar-refractivity contribution in [3.8, 4) is 0 Å².